The van der Waals surface area contributed by atoms with Gasteiger partial charge in [-0.1, -0.05) is 25.1 Å². The van der Waals surface area contributed by atoms with E-state index in [2.05, 4.69) is 30.0 Å². The van der Waals surface area contributed by atoms with Gasteiger partial charge in [0.15, 0.2) is 0 Å². The molecule has 2 aliphatic rings. The first-order valence-electron chi connectivity index (χ1n) is 7.04. The van der Waals surface area contributed by atoms with Gasteiger partial charge in [0.05, 0.1) is 0 Å². The number of para-hydroxylation sites is 1. The Morgan fingerprint density at radius 2 is 2.32 bits per heavy atom. The van der Waals surface area contributed by atoms with Crippen LogP contribution in [0.15, 0.2) is 24.3 Å². The van der Waals surface area contributed by atoms with Crippen LogP contribution in [0.4, 0.5) is 0 Å². The first-order chi connectivity index (χ1) is 9.26. The molecule has 1 aromatic carbocycles. The van der Waals surface area contributed by atoms with E-state index in [0.29, 0.717) is 5.25 Å². The summed E-state index contributed by atoms with van der Waals surface area (Å²) >= 11 is 2.05. The van der Waals surface area contributed by atoms with Crippen molar-refractivity contribution in [3.8, 4) is 5.75 Å². The highest BCUT2D eigenvalue weighted by Crippen LogP contribution is 2.41. The molecule has 0 saturated carbocycles. The topological polar surface area (TPSA) is 38.5 Å². The molecule has 19 heavy (non-hydrogen) atoms. The Bertz CT molecular complexity index is 454. The zero-order valence-corrected chi connectivity index (χ0v) is 12.3. The number of thioether (sulfide) groups is 1. The highest BCUT2D eigenvalue weighted by molar-refractivity contribution is 8.00. The predicted octanol–water partition coefficient (Wildman–Crippen LogP) is 2.10. The van der Waals surface area contributed by atoms with E-state index in [1.165, 1.54) is 17.7 Å². The van der Waals surface area contributed by atoms with Crippen molar-refractivity contribution < 1.29 is 4.74 Å². The molecule has 2 aliphatic heterocycles. The molecule has 104 valence electrons. The van der Waals surface area contributed by atoms with E-state index in [4.69, 9.17) is 10.5 Å². The van der Waals surface area contributed by atoms with E-state index in [1.807, 2.05) is 17.8 Å². The normalized spacial score (nSPS) is 31.6. The number of hydrogen-bond donors (Lipinski definition) is 1. The summed E-state index contributed by atoms with van der Waals surface area (Å²) in [5.41, 5.74) is 7.60. The largest absolute Gasteiger partial charge is 0.492 e. The molecule has 1 fully saturated rings. The van der Waals surface area contributed by atoms with Crippen molar-refractivity contribution in [2.45, 2.75) is 30.7 Å². The Morgan fingerprint density at radius 1 is 1.47 bits per heavy atom. The lowest BCUT2D eigenvalue weighted by Gasteiger charge is -2.42. The quantitative estimate of drug-likeness (QED) is 0.899. The Balaban J connectivity index is 1.89. The number of nitrogens with zero attached hydrogens (tertiary/aromatic N) is 1. The summed E-state index contributed by atoms with van der Waals surface area (Å²) < 4.78 is 5.87. The van der Waals surface area contributed by atoms with Gasteiger partial charge in [0, 0.05) is 36.0 Å². The summed E-state index contributed by atoms with van der Waals surface area (Å²) in [4.78, 5) is 2.56. The highest BCUT2D eigenvalue weighted by Gasteiger charge is 2.45. The molecule has 3 nitrogen and oxygen atoms in total. The Hall–Kier alpha value is -0.710. The third kappa shape index (κ3) is 2.26. The average molecular weight is 278 g/mol. The van der Waals surface area contributed by atoms with Gasteiger partial charge in [-0.15, -0.1) is 0 Å². The Kier molecular flexibility index (Phi) is 3.74. The van der Waals surface area contributed by atoms with E-state index in [-0.39, 0.29) is 5.54 Å². The first-order valence-corrected chi connectivity index (χ1v) is 8.08. The van der Waals surface area contributed by atoms with E-state index in [9.17, 15) is 0 Å². The van der Waals surface area contributed by atoms with Crippen LogP contribution in [-0.4, -0.2) is 41.1 Å². The average Bonchev–Trinajstić information content (AvgIpc) is 2.69. The van der Waals surface area contributed by atoms with Gasteiger partial charge in [-0.05, 0) is 18.2 Å². The van der Waals surface area contributed by atoms with E-state index in [1.54, 1.807) is 0 Å². The van der Waals surface area contributed by atoms with Crippen LogP contribution in [0.25, 0.3) is 0 Å². The molecule has 0 aromatic heterocycles. The fourth-order valence-corrected chi connectivity index (χ4v) is 4.79. The summed E-state index contributed by atoms with van der Waals surface area (Å²) in [6, 6.07) is 8.38. The molecule has 4 heteroatoms. The van der Waals surface area contributed by atoms with Crippen molar-refractivity contribution in [3.05, 3.63) is 29.8 Å². The minimum Gasteiger partial charge on any atom is -0.492 e. The molecule has 0 spiro atoms. The number of ether oxygens (including phenoxy) is 1. The molecule has 3 rings (SSSR count). The first kappa shape index (κ1) is 13.3. The second-order valence-electron chi connectivity index (χ2n) is 5.45. The number of rotatable bonds is 2. The predicted molar refractivity (Wildman–Crippen MR) is 80.7 cm³/mol. The highest BCUT2D eigenvalue weighted by atomic mass is 32.2. The van der Waals surface area contributed by atoms with Crippen molar-refractivity contribution in [3.63, 3.8) is 0 Å². The van der Waals surface area contributed by atoms with Crippen LogP contribution in [-0.2, 0) is 6.54 Å². The maximum absolute atomic E-state index is 6.17. The molecule has 2 unspecified atom stereocenters. The van der Waals surface area contributed by atoms with Crippen LogP contribution in [0.3, 0.4) is 0 Å². The molecule has 2 atom stereocenters. The van der Waals surface area contributed by atoms with Gasteiger partial charge in [0.2, 0.25) is 0 Å². The van der Waals surface area contributed by atoms with E-state index in [0.717, 1.165) is 32.0 Å². The van der Waals surface area contributed by atoms with Crippen LogP contribution in [0.2, 0.25) is 0 Å². The summed E-state index contributed by atoms with van der Waals surface area (Å²) in [5.74, 6) is 2.26. The molecule has 2 N–H and O–H groups in total. The minimum absolute atomic E-state index is 0.144. The van der Waals surface area contributed by atoms with Crippen molar-refractivity contribution in [2.24, 2.45) is 5.73 Å². The van der Waals surface area contributed by atoms with Crippen LogP contribution < -0.4 is 10.5 Å². The third-order valence-corrected chi connectivity index (χ3v) is 5.97. The van der Waals surface area contributed by atoms with Gasteiger partial charge in [-0.3, -0.25) is 4.90 Å². The summed E-state index contributed by atoms with van der Waals surface area (Å²) in [6.45, 7) is 5.75. The van der Waals surface area contributed by atoms with Crippen LogP contribution in [0.1, 0.15) is 18.9 Å². The molecule has 0 amide bonds. The van der Waals surface area contributed by atoms with Crippen molar-refractivity contribution in [1.29, 1.82) is 0 Å². The monoisotopic (exact) mass is 278 g/mol. The van der Waals surface area contributed by atoms with Crippen LogP contribution in [0.5, 0.6) is 5.75 Å². The molecule has 2 heterocycles. The summed E-state index contributed by atoms with van der Waals surface area (Å²) in [5, 5.41) is 0.600. The van der Waals surface area contributed by atoms with Crippen molar-refractivity contribution >= 4 is 11.8 Å². The van der Waals surface area contributed by atoms with E-state index >= 15 is 0 Å². The number of fused-ring (bicyclic) bond motifs is 1. The fraction of sp³-hybridized carbons (Fsp3) is 0.600. The number of benzene rings is 1. The van der Waals surface area contributed by atoms with Crippen molar-refractivity contribution in [1.82, 2.24) is 4.90 Å². The Labute approximate surface area is 119 Å². The summed E-state index contributed by atoms with van der Waals surface area (Å²) in [6.07, 6.45) is 1.19. The van der Waals surface area contributed by atoms with Gasteiger partial charge < -0.3 is 10.5 Å². The molecular formula is C15H22N2OS. The third-order valence-electron chi connectivity index (χ3n) is 4.60. The minimum atomic E-state index is 0.144. The van der Waals surface area contributed by atoms with Crippen molar-refractivity contribution in [2.75, 3.05) is 25.4 Å². The molecule has 0 bridgehead atoms. The number of hydrogen-bond acceptors (Lipinski definition) is 4. The lowest BCUT2D eigenvalue weighted by Crippen LogP contribution is -2.57. The summed E-state index contributed by atoms with van der Waals surface area (Å²) in [7, 11) is 0. The van der Waals surface area contributed by atoms with Gasteiger partial charge in [-0.25, -0.2) is 0 Å². The van der Waals surface area contributed by atoms with Crippen LogP contribution >= 0.6 is 11.8 Å². The van der Waals surface area contributed by atoms with E-state index < -0.39 is 0 Å². The lowest BCUT2D eigenvalue weighted by molar-refractivity contribution is 0.0819. The standard InChI is InChI=1S/C15H22N2OS/c1-12-15(11-16,6-9-19-12)17-7-8-18-14-5-3-2-4-13(14)10-17/h2-5,12H,6-11,16H2,1H3. The fourth-order valence-electron chi connectivity index (χ4n) is 3.29. The Morgan fingerprint density at radius 3 is 3.05 bits per heavy atom. The second-order valence-corrected chi connectivity index (χ2v) is 6.90. The molecule has 1 saturated heterocycles. The lowest BCUT2D eigenvalue weighted by atomic mass is 9.90. The zero-order valence-electron chi connectivity index (χ0n) is 11.5. The maximum atomic E-state index is 6.17. The maximum Gasteiger partial charge on any atom is 0.123 e. The molecule has 0 aliphatic carbocycles. The molecule has 0 radical (unpaired) electrons. The second kappa shape index (κ2) is 5.35. The molecular weight excluding hydrogens is 256 g/mol. The zero-order chi connectivity index (χ0) is 13.3. The number of nitrogens with two attached hydrogens (primary N) is 1. The van der Waals surface area contributed by atoms with Crippen LogP contribution in [0, 0.1) is 0 Å². The van der Waals surface area contributed by atoms with Gasteiger partial charge >= 0.3 is 0 Å². The van der Waals surface area contributed by atoms with Gasteiger partial charge in [-0.2, -0.15) is 11.8 Å². The van der Waals surface area contributed by atoms with Gasteiger partial charge in [0.25, 0.3) is 0 Å². The SMILES string of the molecule is CC1SCCC1(CN)N1CCOc2ccccc2C1. The smallest absolute Gasteiger partial charge is 0.123 e. The molecule has 1 aromatic rings. The van der Waals surface area contributed by atoms with Gasteiger partial charge in [0.1, 0.15) is 12.4 Å².